The molecule has 29 heavy (non-hydrogen) atoms. The van der Waals surface area contributed by atoms with E-state index in [0.29, 0.717) is 38.2 Å². The zero-order chi connectivity index (χ0) is 20.8. The molecule has 2 aromatic carbocycles. The third-order valence-corrected chi connectivity index (χ3v) is 5.46. The Morgan fingerprint density at radius 3 is 2.76 bits per heavy atom. The molecule has 0 bridgehead atoms. The van der Waals surface area contributed by atoms with Crippen molar-refractivity contribution < 1.29 is 14.3 Å². The summed E-state index contributed by atoms with van der Waals surface area (Å²) in [6, 6.07) is 12.2. The molecule has 0 aliphatic rings. The van der Waals surface area contributed by atoms with Gasteiger partial charge in [0, 0.05) is 18.1 Å². The molecule has 0 fully saturated rings. The highest BCUT2D eigenvalue weighted by molar-refractivity contribution is 7.99. The second-order valence-corrected chi connectivity index (χ2v) is 7.64. The molecule has 10 heteroatoms. The molecule has 7 nitrogen and oxygen atoms in total. The number of para-hydroxylation sites is 2. The van der Waals surface area contributed by atoms with Crippen LogP contribution in [0.5, 0.6) is 11.5 Å². The van der Waals surface area contributed by atoms with Gasteiger partial charge >= 0.3 is 0 Å². The van der Waals surface area contributed by atoms with E-state index in [1.807, 2.05) is 12.1 Å². The second-order valence-electron chi connectivity index (χ2n) is 5.86. The minimum atomic E-state index is -0.175. The SMILES string of the molecule is COc1ccccc1NC(=O)CSc1nnc(COc2cc(Cl)ccc2Cl)n1C. The summed E-state index contributed by atoms with van der Waals surface area (Å²) in [5, 5.41) is 12.6. The molecule has 3 aromatic rings. The Balaban J connectivity index is 1.56. The van der Waals surface area contributed by atoms with Crippen LogP contribution >= 0.6 is 35.0 Å². The fraction of sp³-hybridized carbons (Fsp3) is 0.211. The Labute approximate surface area is 182 Å². The Hall–Kier alpha value is -2.42. The Morgan fingerprint density at radius 1 is 1.17 bits per heavy atom. The van der Waals surface area contributed by atoms with Crippen LogP contribution in [0.1, 0.15) is 5.82 Å². The minimum absolute atomic E-state index is 0.164. The molecule has 3 rings (SSSR count). The molecule has 0 spiro atoms. The summed E-state index contributed by atoms with van der Waals surface area (Å²) in [4.78, 5) is 12.3. The van der Waals surface area contributed by atoms with E-state index in [2.05, 4.69) is 15.5 Å². The normalized spacial score (nSPS) is 10.6. The van der Waals surface area contributed by atoms with Crippen molar-refractivity contribution in [1.82, 2.24) is 14.8 Å². The van der Waals surface area contributed by atoms with Crippen LogP contribution in [-0.4, -0.2) is 33.5 Å². The molecule has 1 aromatic heterocycles. The van der Waals surface area contributed by atoms with Crippen molar-refractivity contribution in [2.45, 2.75) is 11.8 Å². The van der Waals surface area contributed by atoms with Gasteiger partial charge in [0.1, 0.15) is 18.1 Å². The van der Waals surface area contributed by atoms with Gasteiger partial charge < -0.3 is 19.4 Å². The van der Waals surface area contributed by atoms with Gasteiger partial charge in [-0.2, -0.15) is 0 Å². The molecule has 0 unspecified atom stereocenters. The molecular weight excluding hydrogens is 435 g/mol. The molecule has 0 saturated carbocycles. The van der Waals surface area contributed by atoms with Gasteiger partial charge in [-0.3, -0.25) is 4.79 Å². The van der Waals surface area contributed by atoms with Crippen LogP contribution in [0.2, 0.25) is 10.0 Å². The van der Waals surface area contributed by atoms with Crippen molar-refractivity contribution in [3.8, 4) is 11.5 Å². The van der Waals surface area contributed by atoms with Crippen molar-refractivity contribution in [3.05, 3.63) is 58.3 Å². The molecule has 1 N–H and O–H groups in total. The lowest BCUT2D eigenvalue weighted by atomic mass is 10.3. The fourth-order valence-corrected chi connectivity index (χ4v) is 3.45. The first-order valence-electron chi connectivity index (χ1n) is 8.49. The van der Waals surface area contributed by atoms with Gasteiger partial charge in [0.25, 0.3) is 0 Å². The van der Waals surface area contributed by atoms with Crippen LogP contribution in [0.3, 0.4) is 0 Å². The number of methoxy groups -OCH3 is 1. The van der Waals surface area contributed by atoms with Crippen LogP contribution in [0, 0.1) is 0 Å². The number of nitrogens with one attached hydrogen (secondary N) is 1. The molecule has 0 radical (unpaired) electrons. The number of carbonyl (C=O) groups excluding carboxylic acids is 1. The van der Waals surface area contributed by atoms with Crippen LogP contribution in [-0.2, 0) is 18.4 Å². The first-order valence-corrected chi connectivity index (χ1v) is 10.2. The van der Waals surface area contributed by atoms with Crippen LogP contribution in [0.4, 0.5) is 5.69 Å². The van der Waals surface area contributed by atoms with E-state index in [1.54, 1.807) is 49.1 Å². The minimum Gasteiger partial charge on any atom is -0.495 e. The van der Waals surface area contributed by atoms with Crippen LogP contribution < -0.4 is 14.8 Å². The van der Waals surface area contributed by atoms with E-state index < -0.39 is 0 Å². The molecule has 1 heterocycles. The molecule has 0 aliphatic carbocycles. The van der Waals surface area contributed by atoms with Crippen molar-refractivity contribution in [2.24, 2.45) is 7.05 Å². The zero-order valence-electron chi connectivity index (χ0n) is 15.7. The maximum atomic E-state index is 12.3. The van der Waals surface area contributed by atoms with E-state index in [4.69, 9.17) is 32.7 Å². The number of anilines is 1. The van der Waals surface area contributed by atoms with Crippen LogP contribution in [0.15, 0.2) is 47.6 Å². The summed E-state index contributed by atoms with van der Waals surface area (Å²) in [6.07, 6.45) is 0. The van der Waals surface area contributed by atoms with E-state index in [9.17, 15) is 4.79 Å². The van der Waals surface area contributed by atoms with Gasteiger partial charge in [-0.15, -0.1) is 10.2 Å². The largest absolute Gasteiger partial charge is 0.495 e. The summed E-state index contributed by atoms with van der Waals surface area (Å²) in [5.41, 5.74) is 0.617. The third kappa shape index (κ3) is 5.56. The van der Waals surface area contributed by atoms with E-state index >= 15 is 0 Å². The average molecular weight is 453 g/mol. The second kappa shape index (κ2) is 9.87. The van der Waals surface area contributed by atoms with Gasteiger partial charge in [0.15, 0.2) is 11.0 Å². The topological polar surface area (TPSA) is 78.3 Å². The van der Waals surface area contributed by atoms with Crippen molar-refractivity contribution >= 4 is 46.6 Å². The Kier molecular flexibility index (Phi) is 7.24. The number of aromatic nitrogens is 3. The van der Waals surface area contributed by atoms with Gasteiger partial charge in [-0.1, -0.05) is 47.1 Å². The summed E-state index contributed by atoms with van der Waals surface area (Å²) < 4.78 is 12.7. The number of rotatable bonds is 8. The van der Waals surface area contributed by atoms with Gasteiger partial charge in [-0.25, -0.2) is 0 Å². The van der Waals surface area contributed by atoms with Gasteiger partial charge in [-0.05, 0) is 24.3 Å². The van der Waals surface area contributed by atoms with E-state index in [-0.39, 0.29) is 18.3 Å². The number of nitrogens with zero attached hydrogens (tertiary/aromatic N) is 3. The lowest BCUT2D eigenvalue weighted by molar-refractivity contribution is -0.113. The number of ether oxygens (including phenoxy) is 2. The molecule has 1 amide bonds. The number of benzene rings is 2. The number of thioether (sulfide) groups is 1. The van der Waals surface area contributed by atoms with Crippen molar-refractivity contribution in [3.63, 3.8) is 0 Å². The third-order valence-electron chi connectivity index (χ3n) is 3.89. The molecule has 0 saturated heterocycles. The zero-order valence-corrected chi connectivity index (χ0v) is 18.0. The predicted molar refractivity (Wildman–Crippen MR) is 114 cm³/mol. The Bertz CT molecular complexity index is 1010. The highest BCUT2D eigenvalue weighted by atomic mass is 35.5. The first kappa shape index (κ1) is 21.3. The monoisotopic (exact) mass is 452 g/mol. The quantitative estimate of drug-likeness (QED) is 0.508. The highest BCUT2D eigenvalue weighted by Gasteiger charge is 2.14. The van der Waals surface area contributed by atoms with Crippen molar-refractivity contribution in [1.29, 1.82) is 0 Å². The first-order chi connectivity index (χ1) is 14.0. The Morgan fingerprint density at radius 2 is 1.97 bits per heavy atom. The van der Waals surface area contributed by atoms with E-state index in [0.717, 1.165) is 0 Å². The standard InChI is InChI=1S/C19H18Cl2N4O3S/c1-25-17(10-28-16-9-12(20)7-8-13(16)21)23-24-19(25)29-11-18(26)22-14-5-3-4-6-15(14)27-2/h3-9H,10-11H2,1-2H3,(H,22,26). The average Bonchev–Trinajstić information content (AvgIpc) is 3.07. The highest BCUT2D eigenvalue weighted by Crippen LogP contribution is 2.28. The number of hydrogen-bond acceptors (Lipinski definition) is 6. The summed E-state index contributed by atoms with van der Waals surface area (Å²) in [5.74, 6) is 1.65. The number of amides is 1. The molecule has 152 valence electrons. The maximum absolute atomic E-state index is 12.3. The lowest BCUT2D eigenvalue weighted by Crippen LogP contribution is -2.15. The van der Waals surface area contributed by atoms with Gasteiger partial charge in [0.05, 0.1) is 23.6 Å². The smallest absolute Gasteiger partial charge is 0.234 e. The predicted octanol–water partition coefficient (Wildman–Crippen LogP) is 4.44. The van der Waals surface area contributed by atoms with Gasteiger partial charge in [0.2, 0.25) is 5.91 Å². The van der Waals surface area contributed by atoms with E-state index in [1.165, 1.54) is 11.8 Å². The number of halogens is 2. The fourth-order valence-electron chi connectivity index (χ4n) is 2.39. The summed E-state index contributed by atoms with van der Waals surface area (Å²) in [6.45, 7) is 0.164. The lowest BCUT2D eigenvalue weighted by Gasteiger charge is -2.10. The maximum Gasteiger partial charge on any atom is 0.234 e. The molecule has 0 aliphatic heterocycles. The number of carbonyl (C=O) groups is 1. The molecular formula is C19H18Cl2N4O3S. The van der Waals surface area contributed by atoms with Crippen LogP contribution in [0.25, 0.3) is 0 Å². The van der Waals surface area contributed by atoms with Crippen molar-refractivity contribution in [2.75, 3.05) is 18.2 Å². The number of hydrogen-bond donors (Lipinski definition) is 1. The summed E-state index contributed by atoms with van der Waals surface area (Å²) in [7, 11) is 3.36. The molecule has 0 atom stereocenters. The summed E-state index contributed by atoms with van der Waals surface area (Å²) >= 11 is 13.3.